The Morgan fingerprint density at radius 3 is 2.20 bits per heavy atom. The first-order valence-electron chi connectivity index (χ1n) is 11.9. The van der Waals surface area contributed by atoms with Crippen LogP contribution in [0.2, 0.25) is 0 Å². The van der Waals surface area contributed by atoms with E-state index in [1.54, 1.807) is 0 Å². The zero-order chi connectivity index (χ0) is 24.5. The van der Waals surface area contributed by atoms with E-state index in [0.29, 0.717) is 0 Å². The first kappa shape index (κ1) is 22.7. The van der Waals surface area contributed by atoms with Crippen molar-refractivity contribution in [2.75, 3.05) is 6.61 Å². The molecular weight excluding hydrogens is 440 g/mol. The first-order chi connectivity index (χ1) is 17.0. The van der Waals surface area contributed by atoms with E-state index in [4.69, 9.17) is 4.74 Å². The molecule has 0 saturated heterocycles. The van der Waals surface area contributed by atoms with Crippen molar-refractivity contribution in [1.29, 1.82) is 0 Å². The van der Waals surface area contributed by atoms with E-state index in [1.165, 1.54) is 0 Å². The third-order valence-electron chi connectivity index (χ3n) is 7.02. The van der Waals surface area contributed by atoms with Crippen LogP contribution in [-0.2, 0) is 29.4 Å². The second-order valence-corrected chi connectivity index (χ2v) is 8.92. The molecule has 1 aromatic heterocycles. The molecule has 2 N–H and O–H groups in total. The van der Waals surface area contributed by atoms with Crippen molar-refractivity contribution in [2.45, 2.75) is 31.7 Å². The lowest BCUT2D eigenvalue weighted by atomic mass is 9.98. The summed E-state index contributed by atoms with van der Waals surface area (Å²) in [5, 5.41) is 13.5. The topological polar surface area (TPSA) is 80.6 Å². The number of carbonyl (C=O) groups is 2. The maximum Gasteiger partial charge on any atom is 0.407 e. The predicted octanol–water partition coefficient (Wildman–Crippen LogP) is 5.28. The van der Waals surface area contributed by atoms with Crippen LogP contribution in [-0.4, -0.2) is 34.4 Å². The number of hydrogen-bond donors (Lipinski definition) is 2. The van der Waals surface area contributed by atoms with Crippen molar-refractivity contribution in [2.24, 2.45) is 7.05 Å². The van der Waals surface area contributed by atoms with E-state index in [0.717, 1.165) is 50.8 Å². The van der Waals surface area contributed by atoms with Crippen LogP contribution >= 0.6 is 0 Å². The normalized spacial score (nSPS) is 13.3. The molecule has 0 spiro atoms. The number of alkyl carbamates (subject to hydrolysis) is 1. The number of fused-ring (bicyclic) bond motifs is 4. The summed E-state index contributed by atoms with van der Waals surface area (Å²) in [5.74, 6) is -1.17. The van der Waals surface area contributed by atoms with Gasteiger partial charge in [-0.1, -0.05) is 73.7 Å². The second-order valence-electron chi connectivity index (χ2n) is 8.92. The van der Waals surface area contributed by atoms with Crippen LogP contribution in [0.5, 0.6) is 0 Å². The Morgan fingerprint density at radius 2 is 1.57 bits per heavy atom. The predicted molar refractivity (Wildman–Crippen MR) is 136 cm³/mol. The zero-order valence-corrected chi connectivity index (χ0v) is 19.8. The fourth-order valence-corrected chi connectivity index (χ4v) is 5.39. The number of carboxylic acid groups (broad SMARTS) is 1. The molecule has 4 aromatic rings. The van der Waals surface area contributed by atoms with Crippen molar-refractivity contribution < 1.29 is 19.4 Å². The fourth-order valence-electron chi connectivity index (χ4n) is 5.39. The minimum absolute atomic E-state index is 0.0822. The average Bonchev–Trinajstić information content (AvgIpc) is 3.34. The van der Waals surface area contributed by atoms with Gasteiger partial charge in [0.15, 0.2) is 0 Å². The van der Waals surface area contributed by atoms with Crippen LogP contribution in [0.1, 0.15) is 35.2 Å². The second kappa shape index (κ2) is 9.29. The van der Waals surface area contributed by atoms with Gasteiger partial charge >= 0.3 is 12.1 Å². The standard InChI is InChI=1S/C29H28N2O4/c1-3-26-23(22-14-8-9-15-27(22)31(26)2)16-25(28(32)33)30-29(34)35-17-24-20-12-6-4-10-18(20)19-11-5-7-13-21(19)24/h4-15,24-25H,3,16-17H2,1-2H3,(H,30,34)(H,32,33). The lowest BCUT2D eigenvalue weighted by Crippen LogP contribution is -2.43. The third kappa shape index (κ3) is 4.05. The Kier molecular flexibility index (Phi) is 6.03. The van der Waals surface area contributed by atoms with Crippen LogP contribution in [0.3, 0.4) is 0 Å². The SMILES string of the molecule is CCc1c(CC(NC(=O)OCC2c3ccccc3-c3ccccc32)C(=O)O)c2ccccc2n1C. The Balaban J connectivity index is 1.33. The Labute approximate surface area is 204 Å². The molecule has 1 heterocycles. The number of aromatic nitrogens is 1. The van der Waals surface area contributed by atoms with Gasteiger partial charge in [-0.15, -0.1) is 0 Å². The highest BCUT2D eigenvalue weighted by atomic mass is 16.5. The number of rotatable bonds is 7. The number of benzene rings is 3. The maximum absolute atomic E-state index is 12.8. The molecule has 1 aliphatic rings. The van der Waals surface area contributed by atoms with Gasteiger partial charge in [-0.25, -0.2) is 9.59 Å². The zero-order valence-electron chi connectivity index (χ0n) is 19.8. The number of para-hydroxylation sites is 1. The molecule has 0 saturated carbocycles. The molecule has 3 aromatic carbocycles. The van der Waals surface area contributed by atoms with Gasteiger partial charge < -0.3 is 19.7 Å². The lowest BCUT2D eigenvalue weighted by Gasteiger charge is -2.18. The summed E-state index contributed by atoms with van der Waals surface area (Å²) in [6.45, 7) is 2.19. The summed E-state index contributed by atoms with van der Waals surface area (Å²) in [6.07, 6.45) is 0.222. The van der Waals surface area contributed by atoms with Gasteiger partial charge in [0, 0.05) is 36.0 Å². The van der Waals surface area contributed by atoms with Gasteiger partial charge in [-0.2, -0.15) is 0 Å². The molecule has 35 heavy (non-hydrogen) atoms. The molecule has 0 aliphatic heterocycles. The van der Waals surface area contributed by atoms with Gasteiger partial charge in [0.2, 0.25) is 0 Å². The summed E-state index contributed by atoms with van der Waals surface area (Å²) in [7, 11) is 1.99. The smallest absolute Gasteiger partial charge is 0.407 e. The van der Waals surface area contributed by atoms with Crippen molar-refractivity contribution >= 4 is 23.0 Å². The molecule has 0 fully saturated rings. The van der Waals surface area contributed by atoms with Crippen molar-refractivity contribution in [3.8, 4) is 11.1 Å². The molecule has 6 heteroatoms. The fraction of sp³-hybridized carbons (Fsp3) is 0.241. The van der Waals surface area contributed by atoms with Gasteiger partial charge in [-0.05, 0) is 40.3 Å². The number of ether oxygens (including phenoxy) is 1. The summed E-state index contributed by atoms with van der Waals surface area (Å²) in [5.41, 5.74) is 7.56. The molecule has 178 valence electrons. The number of hydrogen-bond acceptors (Lipinski definition) is 3. The molecule has 1 unspecified atom stereocenters. The Hall–Kier alpha value is -4.06. The lowest BCUT2D eigenvalue weighted by molar-refractivity contribution is -0.139. The minimum Gasteiger partial charge on any atom is -0.480 e. The molecule has 1 atom stereocenters. The molecule has 0 radical (unpaired) electrons. The summed E-state index contributed by atoms with van der Waals surface area (Å²) < 4.78 is 7.68. The number of aryl methyl sites for hydroxylation is 1. The first-order valence-corrected chi connectivity index (χ1v) is 11.9. The van der Waals surface area contributed by atoms with E-state index in [9.17, 15) is 14.7 Å². The summed E-state index contributed by atoms with van der Waals surface area (Å²) >= 11 is 0. The number of nitrogens with one attached hydrogen (secondary N) is 1. The van der Waals surface area contributed by atoms with E-state index < -0.39 is 18.1 Å². The number of nitrogens with zero attached hydrogens (tertiary/aromatic N) is 1. The van der Waals surface area contributed by atoms with Crippen LogP contribution in [0.25, 0.3) is 22.0 Å². The molecule has 0 bridgehead atoms. The molecule has 5 rings (SSSR count). The molecular formula is C29H28N2O4. The average molecular weight is 469 g/mol. The van der Waals surface area contributed by atoms with Crippen molar-refractivity contribution in [1.82, 2.24) is 9.88 Å². The number of aliphatic carboxylic acids is 1. The van der Waals surface area contributed by atoms with Crippen molar-refractivity contribution in [3.05, 3.63) is 95.2 Å². The Morgan fingerprint density at radius 1 is 0.971 bits per heavy atom. The van der Waals surface area contributed by atoms with Gasteiger partial charge in [0.1, 0.15) is 12.6 Å². The highest BCUT2D eigenvalue weighted by Gasteiger charge is 2.30. The molecule has 1 aliphatic carbocycles. The van der Waals surface area contributed by atoms with E-state index in [-0.39, 0.29) is 18.9 Å². The number of amides is 1. The van der Waals surface area contributed by atoms with Gasteiger partial charge in [-0.3, -0.25) is 0 Å². The number of carboxylic acids is 1. The monoisotopic (exact) mass is 468 g/mol. The van der Waals surface area contributed by atoms with Gasteiger partial charge in [0.05, 0.1) is 0 Å². The highest BCUT2D eigenvalue weighted by molar-refractivity contribution is 5.87. The number of carbonyl (C=O) groups excluding carboxylic acids is 1. The third-order valence-corrected chi connectivity index (χ3v) is 7.02. The van der Waals surface area contributed by atoms with Crippen molar-refractivity contribution in [3.63, 3.8) is 0 Å². The van der Waals surface area contributed by atoms with Crippen LogP contribution < -0.4 is 5.32 Å². The maximum atomic E-state index is 12.8. The largest absolute Gasteiger partial charge is 0.480 e. The van der Waals surface area contributed by atoms with Gasteiger partial charge in [0.25, 0.3) is 0 Å². The van der Waals surface area contributed by atoms with E-state index in [1.807, 2.05) is 74.6 Å². The minimum atomic E-state index is -1.10. The molecule has 6 nitrogen and oxygen atoms in total. The van der Waals surface area contributed by atoms with E-state index in [2.05, 4.69) is 22.0 Å². The van der Waals surface area contributed by atoms with Crippen LogP contribution in [0.15, 0.2) is 72.8 Å². The highest BCUT2D eigenvalue weighted by Crippen LogP contribution is 2.44. The van der Waals surface area contributed by atoms with Crippen LogP contribution in [0.4, 0.5) is 4.79 Å². The summed E-state index contributed by atoms with van der Waals surface area (Å²) in [4.78, 5) is 24.8. The van der Waals surface area contributed by atoms with E-state index >= 15 is 0 Å². The molecule has 1 amide bonds. The van der Waals surface area contributed by atoms with Crippen LogP contribution in [0, 0.1) is 0 Å². The summed E-state index contributed by atoms with van der Waals surface area (Å²) in [6, 6.07) is 23.0. The Bertz CT molecular complexity index is 1380. The quantitative estimate of drug-likeness (QED) is 0.387.